The summed E-state index contributed by atoms with van der Waals surface area (Å²) in [6.45, 7) is 0.108. The molecule has 0 unspecified atom stereocenters. The lowest BCUT2D eigenvalue weighted by atomic mass is 10.0. The molecule has 0 atom stereocenters. The Labute approximate surface area is 229 Å². The van der Waals surface area contributed by atoms with Crippen molar-refractivity contribution in [1.82, 2.24) is 29.1 Å². The van der Waals surface area contributed by atoms with Crippen molar-refractivity contribution in [2.24, 2.45) is 11.6 Å². The highest BCUT2D eigenvalue weighted by Gasteiger charge is 2.24. The summed E-state index contributed by atoms with van der Waals surface area (Å²) >= 11 is 0. The number of methoxy groups -OCH3 is 1. The van der Waals surface area contributed by atoms with E-state index in [2.05, 4.69) is 27.5 Å². The average Bonchev–Trinajstić information content (AvgIpc) is 3.58. The second kappa shape index (κ2) is 10.3. The Kier molecular flexibility index (Phi) is 6.56. The molecule has 0 spiro atoms. The maximum absolute atomic E-state index is 15.3. The first-order valence-electron chi connectivity index (χ1n) is 12.9. The molecule has 0 aliphatic heterocycles. The van der Waals surface area contributed by atoms with Crippen LogP contribution in [-0.4, -0.2) is 36.8 Å². The van der Waals surface area contributed by atoms with Gasteiger partial charge in [0, 0.05) is 48.7 Å². The number of imidazole rings is 2. The van der Waals surface area contributed by atoms with E-state index in [1.807, 2.05) is 45.5 Å². The van der Waals surface area contributed by atoms with Gasteiger partial charge in [-0.05, 0) is 54.7 Å². The maximum Gasteiger partial charge on any atom is 0.268 e. The van der Waals surface area contributed by atoms with E-state index < -0.39 is 11.7 Å². The summed E-state index contributed by atoms with van der Waals surface area (Å²) in [6.07, 6.45) is 11.4. The standard InChI is InChI=1S/C29H29FN8O2/c1-40-25-9-8-21(24-17-36-11-3-2-4-26(36)35-24)22(28(25)30)12-33-29(39)23(31)16-38(32)15-20-14-37-13-19(18-5-6-18)7-10-27(37)34-20/h2-4,7-11,13-14,16-18H,5-6,12,15,31-32H2,1H3,(H,33,39)/b23-16-. The van der Waals surface area contributed by atoms with Crippen LogP contribution in [0.3, 0.4) is 0 Å². The Hall–Kier alpha value is -4.90. The minimum absolute atomic E-state index is 0.0603. The molecular formula is C29H29FN8O2. The number of nitrogens with two attached hydrogens (primary N) is 2. The lowest BCUT2D eigenvalue weighted by Gasteiger charge is -2.15. The zero-order chi connectivity index (χ0) is 27.8. The largest absolute Gasteiger partial charge is 0.494 e. The van der Waals surface area contributed by atoms with Gasteiger partial charge in [0.15, 0.2) is 11.6 Å². The predicted molar refractivity (Wildman–Crippen MR) is 148 cm³/mol. The summed E-state index contributed by atoms with van der Waals surface area (Å²) in [5.74, 6) is 5.64. The summed E-state index contributed by atoms with van der Waals surface area (Å²) in [6, 6.07) is 13.0. The van der Waals surface area contributed by atoms with Crippen molar-refractivity contribution in [2.75, 3.05) is 7.11 Å². The Morgan fingerprint density at radius 1 is 1.12 bits per heavy atom. The van der Waals surface area contributed by atoms with E-state index in [1.54, 1.807) is 12.3 Å². The normalized spacial score (nSPS) is 13.6. The molecule has 5 aromatic rings. The third-order valence-electron chi connectivity index (χ3n) is 6.98. The Balaban J connectivity index is 1.16. The third-order valence-corrected chi connectivity index (χ3v) is 6.98. The summed E-state index contributed by atoms with van der Waals surface area (Å²) < 4.78 is 24.3. The van der Waals surface area contributed by atoms with Gasteiger partial charge < -0.3 is 29.6 Å². The lowest BCUT2D eigenvalue weighted by Crippen LogP contribution is -2.32. The van der Waals surface area contributed by atoms with Gasteiger partial charge in [0.05, 0.1) is 25.0 Å². The number of halogens is 1. The molecular weight excluding hydrogens is 511 g/mol. The molecule has 10 nitrogen and oxygen atoms in total. The van der Waals surface area contributed by atoms with Crippen molar-refractivity contribution in [3.63, 3.8) is 0 Å². The first kappa shape index (κ1) is 25.4. The van der Waals surface area contributed by atoms with Crippen LogP contribution in [0.15, 0.2) is 79.1 Å². The van der Waals surface area contributed by atoms with Crippen molar-refractivity contribution in [3.8, 4) is 17.0 Å². The van der Waals surface area contributed by atoms with Crippen molar-refractivity contribution < 1.29 is 13.9 Å². The van der Waals surface area contributed by atoms with Crippen LogP contribution in [0.5, 0.6) is 5.75 Å². The fraction of sp³-hybridized carbons (Fsp3) is 0.207. The van der Waals surface area contributed by atoms with Crippen molar-refractivity contribution in [1.29, 1.82) is 0 Å². The van der Waals surface area contributed by atoms with Gasteiger partial charge in [0.25, 0.3) is 5.91 Å². The predicted octanol–water partition coefficient (Wildman–Crippen LogP) is 3.47. The van der Waals surface area contributed by atoms with Crippen LogP contribution in [0, 0.1) is 5.82 Å². The monoisotopic (exact) mass is 540 g/mol. The summed E-state index contributed by atoms with van der Waals surface area (Å²) in [4.78, 5) is 22.0. The van der Waals surface area contributed by atoms with Crippen LogP contribution >= 0.6 is 0 Å². The molecule has 11 heteroatoms. The minimum Gasteiger partial charge on any atom is -0.494 e. The van der Waals surface area contributed by atoms with Gasteiger partial charge in [-0.15, -0.1) is 0 Å². The van der Waals surface area contributed by atoms with Gasteiger partial charge in [-0.2, -0.15) is 0 Å². The van der Waals surface area contributed by atoms with E-state index >= 15 is 4.39 Å². The molecule has 204 valence electrons. The van der Waals surface area contributed by atoms with Gasteiger partial charge in [-0.1, -0.05) is 12.1 Å². The molecule has 0 radical (unpaired) electrons. The van der Waals surface area contributed by atoms with Crippen LogP contribution in [0.4, 0.5) is 4.39 Å². The number of hydrogen-bond acceptors (Lipinski definition) is 7. The minimum atomic E-state index is -0.595. The highest BCUT2D eigenvalue weighted by Crippen LogP contribution is 2.40. The van der Waals surface area contributed by atoms with Crippen LogP contribution in [-0.2, 0) is 17.9 Å². The number of carbonyl (C=O) groups excluding carboxylic acids is 1. The molecule has 6 rings (SSSR count). The van der Waals surface area contributed by atoms with Crippen molar-refractivity contribution >= 4 is 17.2 Å². The van der Waals surface area contributed by atoms with Crippen LogP contribution in [0.2, 0.25) is 0 Å². The van der Waals surface area contributed by atoms with Gasteiger partial charge in [0.1, 0.15) is 17.0 Å². The fourth-order valence-electron chi connectivity index (χ4n) is 4.77. The van der Waals surface area contributed by atoms with E-state index in [1.165, 1.54) is 42.8 Å². The molecule has 1 aliphatic rings. The zero-order valence-electron chi connectivity index (χ0n) is 21.9. The van der Waals surface area contributed by atoms with Crippen molar-refractivity contribution in [3.05, 3.63) is 102 Å². The maximum atomic E-state index is 15.3. The van der Waals surface area contributed by atoms with Gasteiger partial charge in [-0.25, -0.2) is 20.2 Å². The number of nitrogens with zero attached hydrogens (tertiary/aromatic N) is 5. The van der Waals surface area contributed by atoms with Crippen molar-refractivity contribution in [2.45, 2.75) is 31.8 Å². The number of amides is 1. The quantitative estimate of drug-likeness (QED) is 0.148. The highest BCUT2D eigenvalue weighted by molar-refractivity contribution is 5.92. The molecule has 4 heterocycles. The van der Waals surface area contributed by atoms with E-state index in [9.17, 15) is 4.79 Å². The molecule has 1 fully saturated rings. The highest BCUT2D eigenvalue weighted by atomic mass is 19.1. The second-order valence-corrected chi connectivity index (χ2v) is 9.87. The Morgan fingerprint density at radius 3 is 2.73 bits per heavy atom. The van der Waals surface area contributed by atoms with E-state index in [-0.39, 0.29) is 30.1 Å². The Bertz CT molecular complexity index is 1720. The SMILES string of the molecule is COc1ccc(-c2cn3ccccc3n2)c(CNC(=O)/C(N)=C/N(N)Cc2cn3cc(C4CC4)ccc3n2)c1F. The second-order valence-electron chi connectivity index (χ2n) is 9.87. The molecule has 1 amide bonds. The van der Waals surface area contributed by atoms with Gasteiger partial charge in [0.2, 0.25) is 0 Å². The number of rotatable bonds is 9. The molecule has 5 N–H and O–H groups in total. The number of ether oxygens (including phenoxy) is 1. The molecule has 0 saturated heterocycles. The molecule has 40 heavy (non-hydrogen) atoms. The number of hydrazine groups is 1. The molecule has 4 aromatic heterocycles. The lowest BCUT2D eigenvalue weighted by molar-refractivity contribution is -0.117. The van der Waals surface area contributed by atoms with E-state index in [0.29, 0.717) is 22.8 Å². The summed E-state index contributed by atoms with van der Waals surface area (Å²) in [5.41, 5.74) is 10.8. The van der Waals surface area contributed by atoms with Crippen LogP contribution < -0.4 is 21.6 Å². The molecule has 1 aliphatic carbocycles. The van der Waals surface area contributed by atoms with E-state index in [0.717, 1.165) is 11.3 Å². The number of pyridine rings is 2. The topological polar surface area (TPSA) is 128 Å². The van der Waals surface area contributed by atoms with Crippen LogP contribution in [0.1, 0.15) is 35.6 Å². The first-order chi connectivity index (χ1) is 19.4. The number of aromatic nitrogens is 4. The van der Waals surface area contributed by atoms with Gasteiger partial charge in [-0.3, -0.25) is 4.79 Å². The number of carbonyl (C=O) groups is 1. The summed E-state index contributed by atoms with van der Waals surface area (Å²) in [7, 11) is 1.39. The summed E-state index contributed by atoms with van der Waals surface area (Å²) in [5, 5.41) is 3.98. The fourth-order valence-corrected chi connectivity index (χ4v) is 4.77. The zero-order valence-corrected chi connectivity index (χ0v) is 21.9. The van der Waals surface area contributed by atoms with Gasteiger partial charge >= 0.3 is 0 Å². The number of fused-ring (bicyclic) bond motifs is 2. The molecule has 1 aromatic carbocycles. The number of benzene rings is 1. The molecule has 0 bridgehead atoms. The average molecular weight is 541 g/mol. The van der Waals surface area contributed by atoms with E-state index in [4.69, 9.17) is 16.3 Å². The first-order valence-corrected chi connectivity index (χ1v) is 12.9. The Morgan fingerprint density at radius 2 is 1.95 bits per heavy atom. The number of nitrogens with one attached hydrogen (secondary N) is 1. The smallest absolute Gasteiger partial charge is 0.268 e. The third kappa shape index (κ3) is 5.06. The van der Waals surface area contributed by atoms with Crippen LogP contribution in [0.25, 0.3) is 22.6 Å². The number of hydrogen-bond donors (Lipinski definition) is 3. The molecule has 1 saturated carbocycles.